The molecule has 0 saturated heterocycles. The molecule has 0 unspecified atom stereocenters. The van der Waals surface area contributed by atoms with Gasteiger partial charge in [-0.15, -0.1) is 12.4 Å². The molecule has 0 spiro atoms. The molecule has 1 aromatic carbocycles. The molecule has 0 bridgehead atoms. The van der Waals surface area contributed by atoms with Crippen LogP contribution in [0.3, 0.4) is 0 Å². The van der Waals surface area contributed by atoms with E-state index in [0.717, 1.165) is 18.5 Å². The van der Waals surface area contributed by atoms with Crippen LogP contribution in [-0.2, 0) is 11.2 Å². The van der Waals surface area contributed by atoms with Crippen molar-refractivity contribution < 1.29 is 4.79 Å². The maximum absolute atomic E-state index is 11.2. The van der Waals surface area contributed by atoms with Crippen LogP contribution < -0.4 is 11.1 Å². The number of nitrogens with one attached hydrogen (secondary N) is 1. The van der Waals surface area contributed by atoms with Gasteiger partial charge in [0.2, 0.25) is 5.91 Å². The Kier molecular flexibility index (Phi) is 7.38. The third-order valence-electron chi connectivity index (χ3n) is 2.19. The van der Waals surface area contributed by atoms with Crippen LogP contribution in [0, 0.1) is 0 Å². The number of carbonyl (C=O) groups excluding carboxylic acids is 1. The van der Waals surface area contributed by atoms with Crippen LogP contribution in [0.5, 0.6) is 0 Å². The lowest BCUT2D eigenvalue weighted by molar-refractivity contribution is -0.121. The van der Waals surface area contributed by atoms with Gasteiger partial charge in [-0.1, -0.05) is 19.1 Å². The third kappa shape index (κ3) is 5.61. The summed E-state index contributed by atoms with van der Waals surface area (Å²) in [6.45, 7) is 2.70. The standard InChI is InChI=1S/C12H18N2O.ClH/c1-2-3-12(15)14-9-8-10-4-6-11(13)7-5-10;/h4-7H,2-3,8-9,13H2,1H3,(H,14,15);1H. The average Bonchev–Trinajstić information content (AvgIpc) is 2.21. The second-order valence-electron chi connectivity index (χ2n) is 3.59. The second kappa shape index (κ2) is 7.99. The Morgan fingerprint density at radius 3 is 2.50 bits per heavy atom. The van der Waals surface area contributed by atoms with Crippen molar-refractivity contribution in [1.82, 2.24) is 5.32 Å². The summed E-state index contributed by atoms with van der Waals surface area (Å²) in [4.78, 5) is 11.2. The van der Waals surface area contributed by atoms with Gasteiger partial charge in [0.1, 0.15) is 0 Å². The van der Waals surface area contributed by atoms with Crippen molar-refractivity contribution in [2.75, 3.05) is 12.3 Å². The minimum Gasteiger partial charge on any atom is -0.399 e. The molecule has 1 rings (SSSR count). The Hall–Kier alpha value is -1.22. The molecule has 3 N–H and O–H groups in total. The molecular weight excluding hydrogens is 224 g/mol. The van der Waals surface area contributed by atoms with Gasteiger partial charge in [-0.05, 0) is 30.5 Å². The van der Waals surface area contributed by atoms with Crippen LogP contribution in [0.1, 0.15) is 25.3 Å². The molecule has 0 radical (unpaired) electrons. The molecule has 0 fully saturated rings. The number of rotatable bonds is 5. The number of anilines is 1. The monoisotopic (exact) mass is 242 g/mol. The Morgan fingerprint density at radius 2 is 1.94 bits per heavy atom. The quantitative estimate of drug-likeness (QED) is 0.778. The van der Waals surface area contributed by atoms with E-state index in [0.29, 0.717) is 13.0 Å². The fourth-order valence-corrected chi connectivity index (χ4v) is 1.35. The average molecular weight is 243 g/mol. The summed E-state index contributed by atoms with van der Waals surface area (Å²) in [7, 11) is 0. The van der Waals surface area contributed by atoms with E-state index in [4.69, 9.17) is 5.73 Å². The number of amides is 1. The van der Waals surface area contributed by atoms with Gasteiger partial charge in [-0.3, -0.25) is 4.79 Å². The van der Waals surface area contributed by atoms with E-state index in [1.165, 1.54) is 5.56 Å². The highest BCUT2D eigenvalue weighted by atomic mass is 35.5. The molecule has 16 heavy (non-hydrogen) atoms. The van der Waals surface area contributed by atoms with Gasteiger partial charge in [-0.2, -0.15) is 0 Å². The Balaban J connectivity index is 0.00000225. The minimum atomic E-state index is 0. The summed E-state index contributed by atoms with van der Waals surface area (Å²) in [5.74, 6) is 0.132. The number of nitrogen functional groups attached to an aromatic ring is 1. The summed E-state index contributed by atoms with van der Waals surface area (Å²) in [5.41, 5.74) is 7.54. The highest BCUT2D eigenvalue weighted by Gasteiger charge is 1.98. The predicted octanol–water partition coefficient (Wildman–Crippen LogP) is 2.15. The number of hydrogen-bond donors (Lipinski definition) is 2. The van der Waals surface area contributed by atoms with Crippen LogP contribution in [0.25, 0.3) is 0 Å². The van der Waals surface area contributed by atoms with E-state index < -0.39 is 0 Å². The van der Waals surface area contributed by atoms with E-state index in [2.05, 4.69) is 5.32 Å². The minimum absolute atomic E-state index is 0. The van der Waals surface area contributed by atoms with Crippen LogP contribution in [0.2, 0.25) is 0 Å². The number of carbonyl (C=O) groups is 1. The fraction of sp³-hybridized carbons (Fsp3) is 0.417. The van der Waals surface area contributed by atoms with Crippen molar-refractivity contribution in [3.05, 3.63) is 29.8 Å². The Labute approximate surface area is 103 Å². The maximum atomic E-state index is 11.2. The molecule has 0 aliphatic rings. The van der Waals surface area contributed by atoms with E-state index in [1.807, 2.05) is 31.2 Å². The fourth-order valence-electron chi connectivity index (χ4n) is 1.35. The van der Waals surface area contributed by atoms with Gasteiger partial charge in [-0.25, -0.2) is 0 Å². The number of halogens is 1. The first-order chi connectivity index (χ1) is 7.22. The molecule has 0 atom stereocenters. The van der Waals surface area contributed by atoms with Crippen molar-refractivity contribution >= 4 is 24.0 Å². The van der Waals surface area contributed by atoms with E-state index in [9.17, 15) is 4.79 Å². The summed E-state index contributed by atoms with van der Waals surface area (Å²) < 4.78 is 0. The Bertz CT molecular complexity index is 311. The molecule has 0 saturated carbocycles. The summed E-state index contributed by atoms with van der Waals surface area (Å²) in [6.07, 6.45) is 2.37. The lowest BCUT2D eigenvalue weighted by atomic mass is 10.1. The highest BCUT2D eigenvalue weighted by Crippen LogP contribution is 2.05. The summed E-state index contributed by atoms with van der Waals surface area (Å²) in [6, 6.07) is 7.73. The van der Waals surface area contributed by atoms with Gasteiger partial charge in [0.25, 0.3) is 0 Å². The number of hydrogen-bond acceptors (Lipinski definition) is 2. The SMILES string of the molecule is CCCC(=O)NCCc1ccc(N)cc1.Cl. The van der Waals surface area contributed by atoms with E-state index in [-0.39, 0.29) is 18.3 Å². The van der Waals surface area contributed by atoms with Crippen molar-refractivity contribution in [2.45, 2.75) is 26.2 Å². The molecule has 1 amide bonds. The predicted molar refractivity (Wildman–Crippen MR) is 69.7 cm³/mol. The van der Waals surface area contributed by atoms with E-state index >= 15 is 0 Å². The van der Waals surface area contributed by atoms with Crippen LogP contribution in [-0.4, -0.2) is 12.5 Å². The normalized spacial score (nSPS) is 9.31. The number of benzene rings is 1. The molecule has 4 heteroatoms. The molecule has 0 aliphatic carbocycles. The van der Waals surface area contributed by atoms with Crippen LogP contribution in [0.4, 0.5) is 5.69 Å². The third-order valence-corrected chi connectivity index (χ3v) is 2.19. The van der Waals surface area contributed by atoms with Gasteiger partial charge in [0, 0.05) is 18.7 Å². The van der Waals surface area contributed by atoms with Crippen LogP contribution >= 0.6 is 12.4 Å². The van der Waals surface area contributed by atoms with Gasteiger partial charge < -0.3 is 11.1 Å². The maximum Gasteiger partial charge on any atom is 0.219 e. The summed E-state index contributed by atoms with van der Waals surface area (Å²) in [5, 5.41) is 2.88. The molecule has 1 aromatic rings. The second-order valence-corrected chi connectivity index (χ2v) is 3.59. The first-order valence-electron chi connectivity index (χ1n) is 5.33. The topological polar surface area (TPSA) is 55.1 Å². The van der Waals surface area contributed by atoms with Crippen molar-refractivity contribution in [3.63, 3.8) is 0 Å². The smallest absolute Gasteiger partial charge is 0.219 e. The molecule has 0 aliphatic heterocycles. The summed E-state index contributed by atoms with van der Waals surface area (Å²) >= 11 is 0. The largest absolute Gasteiger partial charge is 0.399 e. The van der Waals surface area contributed by atoms with Crippen molar-refractivity contribution in [1.29, 1.82) is 0 Å². The number of nitrogens with two attached hydrogens (primary N) is 1. The lowest BCUT2D eigenvalue weighted by Gasteiger charge is -2.04. The van der Waals surface area contributed by atoms with Crippen LogP contribution in [0.15, 0.2) is 24.3 Å². The molecule has 90 valence electrons. The van der Waals surface area contributed by atoms with E-state index in [1.54, 1.807) is 0 Å². The zero-order chi connectivity index (χ0) is 11.1. The first kappa shape index (κ1) is 14.8. The van der Waals surface area contributed by atoms with Crippen molar-refractivity contribution in [3.8, 4) is 0 Å². The highest BCUT2D eigenvalue weighted by molar-refractivity contribution is 5.85. The molecule has 3 nitrogen and oxygen atoms in total. The zero-order valence-corrected chi connectivity index (χ0v) is 10.3. The first-order valence-corrected chi connectivity index (χ1v) is 5.33. The lowest BCUT2D eigenvalue weighted by Crippen LogP contribution is -2.25. The van der Waals surface area contributed by atoms with Crippen molar-refractivity contribution in [2.24, 2.45) is 0 Å². The van der Waals surface area contributed by atoms with Gasteiger partial charge in [0.05, 0.1) is 0 Å². The molecular formula is C12H19ClN2O. The Morgan fingerprint density at radius 1 is 1.31 bits per heavy atom. The zero-order valence-electron chi connectivity index (χ0n) is 9.53. The molecule has 0 aromatic heterocycles. The van der Waals surface area contributed by atoms with Gasteiger partial charge >= 0.3 is 0 Å². The molecule has 0 heterocycles. The van der Waals surface area contributed by atoms with Gasteiger partial charge in [0.15, 0.2) is 0 Å².